The van der Waals surface area contributed by atoms with Crippen LogP contribution in [0.3, 0.4) is 0 Å². The Balaban J connectivity index is 1.76. The fourth-order valence-corrected chi connectivity index (χ4v) is 4.52. The molecule has 0 saturated heterocycles. The number of aryl methyl sites for hydroxylation is 2. The monoisotopic (exact) mass is 466 g/mol. The molecule has 10 heteroatoms. The van der Waals surface area contributed by atoms with Crippen LogP contribution in [0.15, 0.2) is 12.4 Å². The second-order valence-corrected chi connectivity index (χ2v) is 8.95. The number of pyridine rings is 2. The quantitative estimate of drug-likeness (QED) is 0.413. The van der Waals surface area contributed by atoms with Crippen molar-refractivity contribution in [3.05, 3.63) is 46.0 Å². The molecule has 2 rings (SSSR count). The zero-order valence-electron chi connectivity index (χ0n) is 17.4. The Bertz CT molecular complexity index is 876. The lowest BCUT2D eigenvalue weighted by Gasteiger charge is -2.10. The van der Waals surface area contributed by atoms with E-state index in [0.717, 1.165) is 23.5 Å². The maximum Gasteiger partial charge on any atom is 0.189 e. The molecule has 0 fully saturated rings. The number of hydrogen-bond acceptors (Lipinski definition) is 10. The van der Waals surface area contributed by atoms with Gasteiger partial charge in [0.15, 0.2) is 10.2 Å². The molecule has 0 aromatic carbocycles. The van der Waals surface area contributed by atoms with E-state index in [0.29, 0.717) is 40.1 Å². The summed E-state index contributed by atoms with van der Waals surface area (Å²) in [5.74, 6) is 0.451. The van der Waals surface area contributed by atoms with Crippen molar-refractivity contribution >= 4 is 33.8 Å². The van der Waals surface area contributed by atoms with Gasteiger partial charge in [0, 0.05) is 47.9 Å². The Morgan fingerprint density at radius 1 is 0.806 bits per heavy atom. The van der Waals surface area contributed by atoms with Gasteiger partial charge in [-0.1, -0.05) is 23.5 Å². The van der Waals surface area contributed by atoms with E-state index in [1.165, 1.54) is 0 Å². The molecule has 2 aromatic rings. The van der Waals surface area contributed by atoms with E-state index in [9.17, 15) is 30.0 Å². The summed E-state index contributed by atoms with van der Waals surface area (Å²) < 4.78 is 0. The number of aliphatic hydroxyl groups is 2. The van der Waals surface area contributed by atoms with Gasteiger partial charge in [0.2, 0.25) is 0 Å². The van der Waals surface area contributed by atoms with Gasteiger partial charge >= 0.3 is 0 Å². The zero-order chi connectivity index (χ0) is 23.0. The lowest BCUT2D eigenvalue weighted by Crippen LogP contribution is -2.01. The molecular formula is C21H26N2O6S2. The third-order valence-electron chi connectivity index (χ3n) is 4.72. The van der Waals surface area contributed by atoms with E-state index in [4.69, 9.17) is 0 Å². The first-order valence-electron chi connectivity index (χ1n) is 9.64. The lowest BCUT2D eigenvalue weighted by molar-refractivity contribution is -0.112. The second-order valence-electron chi connectivity index (χ2n) is 6.88. The minimum atomic E-state index is -0.336. The molecule has 0 saturated carbocycles. The fourth-order valence-electron chi connectivity index (χ4n) is 2.81. The van der Waals surface area contributed by atoms with Crippen LogP contribution in [-0.4, -0.2) is 40.6 Å². The summed E-state index contributed by atoms with van der Waals surface area (Å²) in [6.07, 6.45) is 3.95. The predicted molar refractivity (Wildman–Crippen MR) is 120 cm³/mol. The molecule has 31 heavy (non-hydrogen) atoms. The molecule has 8 nitrogen and oxygen atoms in total. The van der Waals surface area contributed by atoms with Crippen molar-refractivity contribution < 1.29 is 30.0 Å². The van der Waals surface area contributed by atoms with Gasteiger partial charge in [0.25, 0.3) is 0 Å². The highest BCUT2D eigenvalue weighted by molar-refractivity contribution is 8.13. The molecule has 168 valence electrons. The van der Waals surface area contributed by atoms with Crippen molar-refractivity contribution in [2.24, 2.45) is 0 Å². The van der Waals surface area contributed by atoms with Crippen LogP contribution in [0.25, 0.3) is 0 Å². The minimum Gasteiger partial charge on any atom is -0.506 e. The molecule has 2 aromatic heterocycles. The Hall–Kier alpha value is -2.14. The highest BCUT2D eigenvalue weighted by Crippen LogP contribution is 2.29. The molecule has 0 aliphatic carbocycles. The number of aromatic hydroxyl groups is 2. The average Bonchev–Trinajstić information content (AvgIpc) is 2.75. The average molecular weight is 467 g/mol. The first kappa shape index (κ1) is 25.1. The topological polar surface area (TPSA) is 141 Å². The Labute approximate surface area is 189 Å². The zero-order valence-corrected chi connectivity index (χ0v) is 19.1. The summed E-state index contributed by atoms with van der Waals surface area (Å²) in [5, 5.41) is 38.6. The second kappa shape index (κ2) is 12.0. The molecule has 0 aliphatic heterocycles. The SMILES string of the molecule is Cc1ncc(CSC(=O)CCCC(=O)SCc2cnc(C)c(O)c2CO)c(CO)c1O. The molecule has 0 unspecified atom stereocenters. The fraction of sp³-hybridized carbons (Fsp3) is 0.429. The van der Waals surface area contributed by atoms with E-state index >= 15 is 0 Å². The molecule has 0 amide bonds. The number of carbonyl (C=O) groups is 2. The van der Waals surface area contributed by atoms with Crippen LogP contribution in [0.4, 0.5) is 0 Å². The van der Waals surface area contributed by atoms with Gasteiger partial charge in [-0.2, -0.15) is 0 Å². The number of hydrogen-bond donors (Lipinski definition) is 4. The highest BCUT2D eigenvalue weighted by Gasteiger charge is 2.15. The molecule has 4 N–H and O–H groups in total. The Kier molecular flexibility index (Phi) is 9.76. The summed E-state index contributed by atoms with van der Waals surface area (Å²) in [6, 6.07) is 0. The highest BCUT2D eigenvalue weighted by atomic mass is 32.2. The van der Waals surface area contributed by atoms with Crippen molar-refractivity contribution in [1.82, 2.24) is 9.97 Å². The lowest BCUT2D eigenvalue weighted by atomic mass is 10.1. The molecule has 0 bridgehead atoms. The van der Waals surface area contributed by atoms with Crippen molar-refractivity contribution in [2.75, 3.05) is 0 Å². The minimum absolute atomic E-state index is 0.0582. The smallest absolute Gasteiger partial charge is 0.189 e. The van der Waals surface area contributed by atoms with Crippen molar-refractivity contribution in [3.63, 3.8) is 0 Å². The largest absolute Gasteiger partial charge is 0.506 e. The van der Waals surface area contributed by atoms with E-state index in [2.05, 4.69) is 9.97 Å². The van der Waals surface area contributed by atoms with Gasteiger partial charge in [0.1, 0.15) is 11.5 Å². The first-order chi connectivity index (χ1) is 14.8. The van der Waals surface area contributed by atoms with E-state index in [-0.39, 0.29) is 59.3 Å². The standard InChI is InChI=1S/C21H26N2O6S2/c1-12-20(28)16(8-24)14(6-22-12)10-30-18(26)4-3-5-19(27)31-11-15-7-23-13(2)21(29)17(15)9-25/h6-7,24-25,28-29H,3-5,8-11H2,1-2H3. The summed E-state index contributed by atoms with van der Waals surface area (Å²) in [7, 11) is 0. The van der Waals surface area contributed by atoms with Crippen LogP contribution < -0.4 is 0 Å². The van der Waals surface area contributed by atoms with Crippen LogP contribution >= 0.6 is 23.5 Å². The molecule has 0 spiro atoms. The van der Waals surface area contributed by atoms with Gasteiger partial charge in [0.05, 0.1) is 24.6 Å². The van der Waals surface area contributed by atoms with Gasteiger partial charge in [-0.25, -0.2) is 0 Å². The van der Waals surface area contributed by atoms with Gasteiger partial charge in [-0.05, 0) is 31.4 Å². The number of carbonyl (C=O) groups excluding carboxylic acids is 2. The maximum atomic E-state index is 12.1. The summed E-state index contributed by atoms with van der Waals surface area (Å²) in [5.41, 5.74) is 2.79. The number of thioether (sulfide) groups is 2. The van der Waals surface area contributed by atoms with Crippen LogP contribution in [-0.2, 0) is 34.3 Å². The third-order valence-corrected chi connectivity index (χ3v) is 6.68. The molecule has 0 radical (unpaired) electrons. The Morgan fingerprint density at radius 2 is 1.19 bits per heavy atom. The number of aromatic nitrogens is 2. The maximum absolute atomic E-state index is 12.1. The van der Waals surface area contributed by atoms with E-state index < -0.39 is 0 Å². The molecular weight excluding hydrogens is 440 g/mol. The van der Waals surface area contributed by atoms with Crippen molar-refractivity contribution in [3.8, 4) is 11.5 Å². The predicted octanol–water partition coefficient (Wildman–Crippen LogP) is 2.88. The number of nitrogens with zero attached hydrogens (tertiary/aromatic N) is 2. The van der Waals surface area contributed by atoms with Crippen LogP contribution in [0.1, 0.15) is 52.9 Å². The summed E-state index contributed by atoms with van der Waals surface area (Å²) in [4.78, 5) is 32.3. The van der Waals surface area contributed by atoms with E-state index in [1.807, 2.05) is 0 Å². The number of rotatable bonds is 10. The Morgan fingerprint density at radius 3 is 1.55 bits per heavy atom. The van der Waals surface area contributed by atoms with Crippen LogP contribution in [0, 0.1) is 13.8 Å². The molecule has 2 heterocycles. The van der Waals surface area contributed by atoms with Crippen LogP contribution in [0.5, 0.6) is 11.5 Å². The molecule has 0 atom stereocenters. The van der Waals surface area contributed by atoms with Crippen molar-refractivity contribution in [1.29, 1.82) is 0 Å². The third kappa shape index (κ3) is 6.93. The van der Waals surface area contributed by atoms with Gasteiger partial charge in [-0.15, -0.1) is 0 Å². The van der Waals surface area contributed by atoms with Crippen molar-refractivity contribution in [2.45, 2.75) is 57.8 Å². The number of aliphatic hydroxyl groups excluding tert-OH is 2. The molecule has 0 aliphatic rings. The first-order valence-corrected chi connectivity index (χ1v) is 11.6. The summed E-state index contributed by atoms with van der Waals surface area (Å²) in [6.45, 7) is 2.59. The van der Waals surface area contributed by atoms with Crippen LogP contribution in [0.2, 0.25) is 0 Å². The van der Waals surface area contributed by atoms with Gasteiger partial charge in [-0.3, -0.25) is 19.6 Å². The summed E-state index contributed by atoms with van der Waals surface area (Å²) >= 11 is 2.12. The van der Waals surface area contributed by atoms with E-state index in [1.54, 1.807) is 26.2 Å². The van der Waals surface area contributed by atoms with Gasteiger partial charge < -0.3 is 20.4 Å². The normalized spacial score (nSPS) is 11.0.